The molecule has 0 aromatic rings. The second kappa shape index (κ2) is 13.6. The SMILES string of the molecule is O.O=P(O)(O)O.[H].[NaH].[NaH].[NaH]. The summed E-state index contributed by atoms with van der Waals surface area (Å²) in [5.74, 6) is 0. The maximum absolute atomic E-state index is 8.88. The van der Waals surface area contributed by atoms with Crippen molar-refractivity contribution in [3.63, 3.8) is 0 Å². The third-order valence-corrected chi connectivity index (χ3v) is 0. The van der Waals surface area contributed by atoms with Crippen LogP contribution in [0, 0.1) is 0 Å². The first-order valence-corrected chi connectivity index (χ1v) is 2.35. The van der Waals surface area contributed by atoms with Crippen molar-refractivity contribution in [1.82, 2.24) is 0 Å². The molecule has 0 aromatic heterocycles. The molecule has 0 fully saturated rings. The van der Waals surface area contributed by atoms with Gasteiger partial charge in [-0.1, -0.05) is 0 Å². The topological polar surface area (TPSA) is 109 Å². The standard InChI is InChI=1S/3Na.H3O4P.H2O.4H/c;;;1-5(2,3)4;;;;;/h;;;(H3,1,2,3,4);1H2;;;;. The Labute approximate surface area is 121 Å². The van der Waals surface area contributed by atoms with E-state index in [1.807, 2.05) is 0 Å². The van der Waals surface area contributed by atoms with Crippen molar-refractivity contribution < 1.29 is 26.1 Å². The normalized spacial score (nSPS) is 6.56. The fraction of sp³-hybridized carbons (Fsp3) is 0. The first-order chi connectivity index (χ1) is 2.00. The van der Waals surface area contributed by atoms with Crippen LogP contribution in [0.4, 0.5) is 0 Å². The van der Waals surface area contributed by atoms with Gasteiger partial charge in [0, 0.05) is 1.43 Å². The summed E-state index contributed by atoms with van der Waals surface area (Å²) in [6.07, 6.45) is 0. The second-order valence-electron chi connectivity index (χ2n) is 0.513. The molecule has 0 aliphatic heterocycles. The Morgan fingerprint density at radius 3 is 1.00 bits per heavy atom. The van der Waals surface area contributed by atoms with E-state index in [4.69, 9.17) is 19.2 Å². The fourth-order valence-corrected chi connectivity index (χ4v) is 0. The van der Waals surface area contributed by atoms with E-state index in [2.05, 4.69) is 0 Å². The summed E-state index contributed by atoms with van der Waals surface area (Å²) in [5, 5.41) is 0. The molecule has 5 N–H and O–H groups in total. The van der Waals surface area contributed by atoms with Gasteiger partial charge in [-0.2, -0.15) is 0 Å². The van der Waals surface area contributed by atoms with Crippen LogP contribution in [-0.2, 0) is 4.57 Å². The Hall–Kier alpha value is 3.07. The van der Waals surface area contributed by atoms with Crippen molar-refractivity contribution in [2.24, 2.45) is 0 Å². The molecular weight excluding hydrogens is 180 g/mol. The Morgan fingerprint density at radius 2 is 1.00 bits per heavy atom. The molecule has 0 saturated heterocycles. The fourth-order valence-electron chi connectivity index (χ4n) is 0. The minimum absolute atomic E-state index is 0. The Morgan fingerprint density at radius 1 is 1.00 bits per heavy atom. The van der Waals surface area contributed by atoms with Crippen LogP contribution >= 0.6 is 7.82 Å². The minimum atomic E-state index is -4.64. The maximum atomic E-state index is 8.88. The van der Waals surface area contributed by atoms with Crippen LogP contribution in [0.15, 0.2) is 0 Å². The van der Waals surface area contributed by atoms with E-state index in [0.717, 1.165) is 0 Å². The van der Waals surface area contributed by atoms with Crippen molar-refractivity contribution in [2.45, 2.75) is 0 Å². The van der Waals surface area contributed by atoms with E-state index in [0.29, 0.717) is 0 Å². The van der Waals surface area contributed by atoms with E-state index in [-0.39, 0.29) is 95.6 Å². The number of hydrogen-bond donors (Lipinski definition) is 3. The van der Waals surface area contributed by atoms with E-state index in [1.165, 1.54) is 0 Å². The number of phosphoric acid groups is 1. The van der Waals surface area contributed by atoms with Crippen LogP contribution in [0.2, 0.25) is 0 Å². The molecule has 0 heterocycles. The molecule has 0 rings (SSSR count). The summed E-state index contributed by atoms with van der Waals surface area (Å²) >= 11 is 0. The third-order valence-electron chi connectivity index (χ3n) is 0. The van der Waals surface area contributed by atoms with Gasteiger partial charge in [0.15, 0.2) is 0 Å². The monoisotopic (exact) mass is 189 g/mol. The van der Waals surface area contributed by atoms with Crippen molar-refractivity contribution in [2.75, 3.05) is 0 Å². The van der Waals surface area contributed by atoms with Gasteiger partial charge in [0.05, 0.1) is 0 Å². The first-order valence-electron chi connectivity index (χ1n) is 0.783. The van der Waals surface area contributed by atoms with Gasteiger partial charge < -0.3 is 20.2 Å². The van der Waals surface area contributed by atoms with Crippen LogP contribution in [0.5, 0.6) is 0 Å². The summed E-state index contributed by atoms with van der Waals surface area (Å²) in [6, 6.07) is 0. The third kappa shape index (κ3) is 96.6. The molecule has 0 aliphatic rings. The van der Waals surface area contributed by atoms with Crippen LogP contribution in [0.25, 0.3) is 0 Å². The van der Waals surface area contributed by atoms with E-state index in [1.54, 1.807) is 0 Å². The quantitative estimate of drug-likeness (QED) is 0.270. The zero-order valence-corrected chi connectivity index (χ0v) is 3.59. The molecule has 1 radical (unpaired) electrons. The van der Waals surface area contributed by atoms with Gasteiger partial charge in [-0.15, -0.1) is 0 Å². The van der Waals surface area contributed by atoms with Crippen molar-refractivity contribution in [3.05, 3.63) is 0 Å². The molecular formula is H9Na3O5P. The van der Waals surface area contributed by atoms with Gasteiger partial charge in [-0.05, 0) is 0 Å². The first kappa shape index (κ1) is 29.6. The summed E-state index contributed by atoms with van der Waals surface area (Å²) < 4.78 is 8.88. The number of rotatable bonds is 0. The van der Waals surface area contributed by atoms with E-state index < -0.39 is 7.82 Å². The van der Waals surface area contributed by atoms with Crippen LogP contribution in [0.1, 0.15) is 1.43 Å². The van der Waals surface area contributed by atoms with Gasteiger partial charge in [-0.25, -0.2) is 4.57 Å². The van der Waals surface area contributed by atoms with Crippen LogP contribution in [0.3, 0.4) is 0 Å². The zero-order valence-electron chi connectivity index (χ0n) is 3.70. The summed E-state index contributed by atoms with van der Waals surface area (Å²) in [7, 11) is -4.64. The molecule has 0 atom stereocenters. The van der Waals surface area contributed by atoms with Crippen LogP contribution in [-0.4, -0.2) is 109 Å². The Balaban J connectivity index is -0.00000000800. The van der Waals surface area contributed by atoms with E-state index in [9.17, 15) is 0 Å². The van der Waals surface area contributed by atoms with Gasteiger partial charge in [-0.3, -0.25) is 0 Å². The predicted octanol–water partition coefficient (Wildman–Crippen LogP) is -3.59. The molecule has 0 amide bonds. The van der Waals surface area contributed by atoms with Gasteiger partial charge in [0.25, 0.3) is 0 Å². The zero-order chi connectivity index (χ0) is 4.50. The summed E-state index contributed by atoms with van der Waals surface area (Å²) in [4.78, 5) is 21.6. The summed E-state index contributed by atoms with van der Waals surface area (Å²) in [5.41, 5.74) is 0. The average molecular weight is 189 g/mol. The average Bonchev–Trinajstić information content (AvgIpc) is 0.722. The van der Waals surface area contributed by atoms with Gasteiger partial charge in [0.1, 0.15) is 0 Å². The molecule has 0 aromatic carbocycles. The predicted molar refractivity (Wildman–Crippen MR) is 40.4 cm³/mol. The van der Waals surface area contributed by atoms with Crippen molar-refractivity contribution in [3.8, 4) is 0 Å². The number of hydrogen-bond acceptors (Lipinski definition) is 1. The molecule has 0 unspecified atom stereocenters. The second-order valence-corrected chi connectivity index (χ2v) is 1.54. The molecule has 9 heteroatoms. The van der Waals surface area contributed by atoms with Crippen LogP contribution < -0.4 is 0 Å². The Bertz CT molecular complexity index is 63.0. The molecule has 5 nitrogen and oxygen atoms in total. The Kier molecular flexibility index (Phi) is 44.9. The van der Waals surface area contributed by atoms with Crippen molar-refractivity contribution >= 4 is 96.5 Å². The van der Waals surface area contributed by atoms with Gasteiger partial charge >= 0.3 is 96.5 Å². The molecule has 0 saturated carbocycles. The molecule has 47 valence electrons. The molecule has 9 heavy (non-hydrogen) atoms. The van der Waals surface area contributed by atoms with E-state index >= 15 is 0 Å². The molecule has 0 aliphatic carbocycles. The van der Waals surface area contributed by atoms with Gasteiger partial charge in [0.2, 0.25) is 0 Å². The summed E-state index contributed by atoms with van der Waals surface area (Å²) in [6.45, 7) is 0. The molecule has 0 spiro atoms. The molecule has 0 bridgehead atoms. The van der Waals surface area contributed by atoms with Crippen molar-refractivity contribution in [1.29, 1.82) is 0 Å².